The van der Waals surface area contributed by atoms with E-state index in [1.54, 1.807) is 6.92 Å². The fraction of sp³-hybridized carbons (Fsp3) is 0.474. The molecule has 1 N–H and O–H groups in total. The maximum atomic E-state index is 12.7. The summed E-state index contributed by atoms with van der Waals surface area (Å²) in [7, 11) is 0. The molecule has 0 spiro atoms. The third kappa shape index (κ3) is 6.09. The van der Waals surface area contributed by atoms with Gasteiger partial charge in [-0.15, -0.1) is 0 Å². The Labute approximate surface area is 155 Å². The minimum Gasteiger partial charge on any atom is -0.481 e. The molecule has 8 heteroatoms. The monoisotopic (exact) mass is 385 g/mol. The van der Waals surface area contributed by atoms with Crippen LogP contribution in [0.3, 0.4) is 0 Å². The van der Waals surface area contributed by atoms with E-state index in [4.69, 9.17) is 9.84 Å². The highest BCUT2D eigenvalue weighted by atomic mass is 19.4. The molecule has 5 nitrogen and oxygen atoms in total. The Morgan fingerprint density at radius 1 is 1.22 bits per heavy atom. The summed E-state index contributed by atoms with van der Waals surface area (Å²) in [4.78, 5) is 25.1. The molecule has 1 saturated heterocycles. The molecule has 1 heterocycles. The number of allylic oxidation sites excluding steroid dienone is 1. The number of ether oxygens (including phenoxy) is 1. The zero-order chi connectivity index (χ0) is 20.0. The van der Waals surface area contributed by atoms with Crippen LogP contribution in [-0.4, -0.2) is 47.7 Å². The first-order chi connectivity index (χ1) is 12.7. The lowest BCUT2D eigenvalue weighted by Gasteiger charge is -2.33. The number of carboxylic acids is 1. The van der Waals surface area contributed by atoms with Crippen molar-refractivity contribution in [2.24, 2.45) is 0 Å². The molecule has 1 fully saturated rings. The number of amides is 1. The number of hydrogen-bond acceptors (Lipinski definition) is 3. The van der Waals surface area contributed by atoms with E-state index in [-0.39, 0.29) is 24.9 Å². The molecule has 0 bridgehead atoms. The molecule has 2 rings (SSSR count). The van der Waals surface area contributed by atoms with Crippen LogP contribution in [0.15, 0.2) is 30.3 Å². The fourth-order valence-corrected chi connectivity index (χ4v) is 2.96. The van der Waals surface area contributed by atoms with E-state index >= 15 is 0 Å². The molecule has 0 radical (unpaired) electrons. The first-order valence-electron chi connectivity index (χ1n) is 8.64. The van der Waals surface area contributed by atoms with E-state index < -0.39 is 17.7 Å². The van der Waals surface area contributed by atoms with Gasteiger partial charge in [-0.3, -0.25) is 9.59 Å². The lowest BCUT2D eigenvalue weighted by molar-refractivity contribution is -0.139. The van der Waals surface area contributed by atoms with Crippen molar-refractivity contribution in [2.45, 2.75) is 38.4 Å². The minimum absolute atomic E-state index is 0.0790. The highest BCUT2D eigenvalue weighted by molar-refractivity contribution is 5.95. The molecule has 0 atom stereocenters. The van der Waals surface area contributed by atoms with Gasteiger partial charge in [0.25, 0.3) is 0 Å². The van der Waals surface area contributed by atoms with Gasteiger partial charge >= 0.3 is 12.1 Å². The molecule has 0 unspecified atom stereocenters. The molecule has 0 aliphatic carbocycles. The van der Waals surface area contributed by atoms with Crippen molar-refractivity contribution in [1.82, 2.24) is 4.90 Å². The van der Waals surface area contributed by atoms with Crippen LogP contribution < -0.4 is 0 Å². The van der Waals surface area contributed by atoms with Crippen molar-refractivity contribution in [3.8, 4) is 0 Å². The highest BCUT2D eigenvalue weighted by Gasteiger charge is 2.30. The Morgan fingerprint density at radius 3 is 2.33 bits per heavy atom. The topological polar surface area (TPSA) is 66.8 Å². The zero-order valence-electron chi connectivity index (χ0n) is 15.0. The Morgan fingerprint density at radius 2 is 1.81 bits per heavy atom. The van der Waals surface area contributed by atoms with Crippen LogP contribution in [0.5, 0.6) is 0 Å². The molecule has 27 heavy (non-hydrogen) atoms. The van der Waals surface area contributed by atoms with Crippen LogP contribution in [0.4, 0.5) is 13.2 Å². The number of carboxylic acid groups (broad SMARTS) is 1. The zero-order valence-corrected chi connectivity index (χ0v) is 15.0. The van der Waals surface area contributed by atoms with Gasteiger partial charge in [0.15, 0.2) is 0 Å². The van der Waals surface area contributed by atoms with Crippen molar-refractivity contribution in [3.63, 3.8) is 0 Å². The van der Waals surface area contributed by atoms with Crippen molar-refractivity contribution >= 4 is 17.4 Å². The molecule has 1 aromatic carbocycles. The fourth-order valence-electron chi connectivity index (χ4n) is 2.96. The van der Waals surface area contributed by atoms with Crippen LogP contribution in [0.25, 0.3) is 5.57 Å². The number of halogens is 3. The van der Waals surface area contributed by atoms with Crippen LogP contribution in [-0.2, 0) is 20.5 Å². The van der Waals surface area contributed by atoms with E-state index in [1.165, 1.54) is 23.1 Å². The van der Waals surface area contributed by atoms with Gasteiger partial charge in [-0.25, -0.2) is 0 Å². The molecule has 1 aromatic rings. The number of rotatable bonds is 6. The maximum absolute atomic E-state index is 12.7. The Balaban J connectivity index is 2.16. The first kappa shape index (κ1) is 21.0. The summed E-state index contributed by atoms with van der Waals surface area (Å²) in [6.07, 6.45) is -1.99. The van der Waals surface area contributed by atoms with E-state index in [9.17, 15) is 22.8 Å². The first-order valence-corrected chi connectivity index (χ1v) is 8.64. The number of nitrogens with zero attached hydrogens (tertiary/aromatic N) is 1. The molecule has 1 aliphatic rings. The van der Waals surface area contributed by atoms with E-state index in [1.807, 2.05) is 0 Å². The van der Waals surface area contributed by atoms with Gasteiger partial charge in [0.2, 0.25) is 5.91 Å². The van der Waals surface area contributed by atoms with Crippen molar-refractivity contribution in [3.05, 3.63) is 41.5 Å². The summed E-state index contributed by atoms with van der Waals surface area (Å²) < 4.78 is 43.3. The predicted molar refractivity (Wildman–Crippen MR) is 92.9 cm³/mol. The van der Waals surface area contributed by atoms with E-state index in [2.05, 4.69) is 0 Å². The Kier molecular flexibility index (Phi) is 7.01. The largest absolute Gasteiger partial charge is 0.481 e. The maximum Gasteiger partial charge on any atom is 0.416 e. The summed E-state index contributed by atoms with van der Waals surface area (Å²) in [6, 6.07) is 4.47. The quantitative estimate of drug-likeness (QED) is 0.760. The Bertz CT molecular complexity index is 692. The summed E-state index contributed by atoms with van der Waals surface area (Å²) in [5.74, 6) is -1.34. The van der Waals surface area contributed by atoms with Crippen molar-refractivity contribution in [2.75, 3.05) is 19.8 Å². The minimum atomic E-state index is -4.41. The summed E-state index contributed by atoms with van der Waals surface area (Å²) >= 11 is 0. The average molecular weight is 385 g/mol. The lowest BCUT2D eigenvalue weighted by Crippen LogP contribution is -2.43. The highest BCUT2D eigenvalue weighted by Crippen LogP contribution is 2.30. The standard InChI is InChI=1S/C19H22F3NO4/c1-13(14-2-4-15(5-3-14)19(20,21)22)12-17(24)23(9-6-18(25)26)16-7-10-27-11-8-16/h2-5,12,16H,6-11H2,1H3,(H,25,26). The third-order valence-corrected chi connectivity index (χ3v) is 4.49. The normalized spacial score (nSPS) is 16.2. The number of aliphatic carboxylic acids is 1. The van der Waals surface area contributed by atoms with Crippen LogP contribution in [0.2, 0.25) is 0 Å². The third-order valence-electron chi connectivity index (χ3n) is 4.49. The van der Waals surface area contributed by atoms with Gasteiger partial charge in [0.1, 0.15) is 0 Å². The average Bonchev–Trinajstić information content (AvgIpc) is 2.62. The predicted octanol–water partition coefficient (Wildman–Crippen LogP) is 3.59. The van der Waals surface area contributed by atoms with Gasteiger partial charge in [0, 0.05) is 31.9 Å². The van der Waals surface area contributed by atoms with Crippen LogP contribution >= 0.6 is 0 Å². The van der Waals surface area contributed by atoms with E-state index in [0.29, 0.717) is 37.2 Å². The molecule has 148 valence electrons. The van der Waals surface area contributed by atoms with Crippen molar-refractivity contribution in [1.29, 1.82) is 0 Å². The molecular formula is C19H22F3NO4. The van der Waals surface area contributed by atoms with Gasteiger partial charge in [0.05, 0.1) is 12.0 Å². The summed E-state index contributed by atoms with van der Waals surface area (Å²) in [5.41, 5.74) is 0.262. The number of alkyl halides is 3. The summed E-state index contributed by atoms with van der Waals surface area (Å²) in [6.45, 7) is 2.72. The van der Waals surface area contributed by atoms with Crippen molar-refractivity contribution < 1.29 is 32.6 Å². The lowest BCUT2D eigenvalue weighted by atomic mass is 10.0. The molecular weight excluding hydrogens is 363 g/mol. The van der Waals surface area contributed by atoms with E-state index in [0.717, 1.165) is 12.1 Å². The molecule has 0 saturated carbocycles. The van der Waals surface area contributed by atoms with Crippen LogP contribution in [0, 0.1) is 0 Å². The van der Waals surface area contributed by atoms with Gasteiger partial charge in [-0.1, -0.05) is 12.1 Å². The van der Waals surface area contributed by atoms with Crippen LogP contribution in [0.1, 0.15) is 37.3 Å². The van der Waals surface area contributed by atoms with Gasteiger partial charge in [-0.2, -0.15) is 13.2 Å². The van der Waals surface area contributed by atoms with Gasteiger partial charge < -0.3 is 14.7 Å². The summed E-state index contributed by atoms with van der Waals surface area (Å²) in [5, 5.41) is 8.92. The number of hydrogen-bond donors (Lipinski definition) is 1. The number of carbonyl (C=O) groups is 2. The SMILES string of the molecule is CC(=CC(=O)N(CCC(=O)O)C1CCOCC1)c1ccc(C(F)(F)F)cc1. The molecule has 1 amide bonds. The second-order valence-electron chi connectivity index (χ2n) is 6.42. The Hall–Kier alpha value is -2.35. The number of carbonyl (C=O) groups excluding carboxylic acids is 1. The molecule has 1 aliphatic heterocycles. The smallest absolute Gasteiger partial charge is 0.416 e. The number of benzene rings is 1. The molecule has 0 aromatic heterocycles. The van der Waals surface area contributed by atoms with Gasteiger partial charge in [-0.05, 0) is 43.0 Å². The second-order valence-corrected chi connectivity index (χ2v) is 6.42. The second kappa shape index (κ2) is 9.03.